The first-order chi connectivity index (χ1) is 9.93. The van der Waals surface area contributed by atoms with Crippen LogP contribution in [0.4, 0.5) is 0 Å². The number of rotatable bonds is 5. The molecule has 22 heavy (non-hydrogen) atoms. The lowest BCUT2D eigenvalue weighted by Gasteiger charge is -2.24. The molecule has 3 fully saturated rings. The average Bonchev–Trinajstić information content (AvgIpc) is 3.17. The van der Waals surface area contributed by atoms with Crippen LogP contribution in [0.1, 0.15) is 31.2 Å². The summed E-state index contributed by atoms with van der Waals surface area (Å²) in [5.74, 6) is 1.95. The van der Waals surface area contributed by atoms with Gasteiger partial charge < -0.3 is 5.32 Å². The van der Waals surface area contributed by atoms with Gasteiger partial charge in [0.15, 0.2) is 0 Å². The highest BCUT2D eigenvalue weighted by molar-refractivity contribution is 5.85. The second-order valence-corrected chi connectivity index (χ2v) is 6.88. The van der Waals surface area contributed by atoms with E-state index in [4.69, 9.17) is 0 Å². The summed E-state index contributed by atoms with van der Waals surface area (Å²) in [4.78, 5) is 2.88. The van der Waals surface area contributed by atoms with Crippen molar-refractivity contribution in [3.8, 4) is 0 Å². The highest BCUT2D eigenvalue weighted by Gasteiger charge is 2.53. The zero-order valence-electron chi connectivity index (χ0n) is 13.1. The summed E-state index contributed by atoms with van der Waals surface area (Å²) in [5, 5.41) is 3.61. The summed E-state index contributed by atoms with van der Waals surface area (Å²) in [6, 6.07) is 12.8. The van der Waals surface area contributed by atoms with Crippen molar-refractivity contribution in [2.75, 3.05) is 19.6 Å². The van der Waals surface area contributed by atoms with Gasteiger partial charge >= 0.3 is 0 Å². The van der Waals surface area contributed by atoms with E-state index in [1.807, 2.05) is 0 Å². The molecule has 2 bridgehead atoms. The number of nitrogens with zero attached hydrogens (tertiary/aromatic N) is 1. The molecular weight excluding hydrogens is 315 g/mol. The number of nitrogens with one attached hydrogen (secondary N) is 1. The van der Waals surface area contributed by atoms with Gasteiger partial charge in [0.2, 0.25) is 0 Å². The molecule has 3 heterocycles. The van der Waals surface area contributed by atoms with Crippen molar-refractivity contribution in [2.24, 2.45) is 11.8 Å². The Hall–Kier alpha value is -0.280. The van der Waals surface area contributed by atoms with Crippen molar-refractivity contribution in [3.05, 3.63) is 35.9 Å². The molecule has 1 aromatic carbocycles. The topological polar surface area (TPSA) is 15.3 Å². The van der Waals surface area contributed by atoms with Crippen LogP contribution < -0.4 is 5.32 Å². The Morgan fingerprint density at radius 2 is 1.55 bits per heavy atom. The lowest BCUT2D eigenvalue weighted by molar-refractivity contribution is 0.223. The number of aryl methyl sites for hydroxylation is 1. The van der Waals surface area contributed by atoms with Crippen molar-refractivity contribution >= 4 is 24.8 Å². The van der Waals surface area contributed by atoms with E-state index in [0.29, 0.717) is 0 Å². The molecule has 0 unspecified atom stereocenters. The minimum absolute atomic E-state index is 0. The largest absolute Gasteiger partial charge is 0.316 e. The van der Waals surface area contributed by atoms with Crippen LogP contribution >= 0.6 is 24.8 Å². The molecule has 4 rings (SSSR count). The molecule has 3 saturated heterocycles. The summed E-state index contributed by atoms with van der Waals surface area (Å²) >= 11 is 0. The predicted octanol–water partition coefficient (Wildman–Crippen LogP) is 3.54. The predicted molar refractivity (Wildman–Crippen MR) is 97.2 cm³/mol. The zero-order valence-corrected chi connectivity index (χ0v) is 14.7. The van der Waals surface area contributed by atoms with Gasteiger partial charge in [-0.15, -0.1) is 24.8 Å². The van der Waals surface area contributed by atoms with E-state index in [0.717, 1.165) is 23.9 Å². The fourth-order valence-corrected chi connectivity index (χ4v) is 5.00. The van der Waals surface area contributed by atoms with E-state index in [1.165, 1.54) is 57.3 Å². The van der Waals surface area contributed by atoms with E-state index in [2.05, 4.69) is 40.5 Å². The van der Waals surface area contributed by atoms with E-state index in [9.17, 15) is 0 Å². The van der Waals surface area contributed by atoms with Crippen LogP contribution in [0.5, 0.6) is 0 Å². The second kappa shape index (κ2) is 8.01. The van der Waals surface area contributed by atoms with Crippen LogP contribution in [0.15, 0.2) is 30.3 Å². The van der Waals surface area contributed by atoms with Gasteiger partial charge in [-0.2, -0.15) is 0 Å². The first kappa shape index (κ1) is 18.1. The molecule has 4 atom stereocenters. The Kier molecular flexibility index (Phi) is 6.58. The fraction of sp³-hybridized carbons (Fsp3) is 0.667. The van der Waals surface area contributed by atoms with Gasteiger partial charge in [-0.1, -0.05) is 30.3 Å². The summed E-state index contributed by atoms with van der Waals surface area (Å²) in [6.07, 6.45) is 6.89. The SMILES string of the molecule is Cl.Cl.c1ccc(CCCCN2[C@@H]3CC[C@H]2[C@H]2CNC[C@H]23)cc1. The molecule has 0 amide bonds. The van der Waals surface area contributed by atoms with Crippen LogP contribution in [0.2, 0.25) is 0 Å². The van der Waals surface area contributed by atoms with Crippen LogP contribution in [0.25, 0.3) is 0 Å². The second-order valence-electron chi connectivity index (χ2n) is 6.88. The molecule has 0 saturated carbocycles. The van der Waals surface area contributed by atoms with Crippen LogP contribution in [-0.2, 0) is 6.42 Å². The number of unbranched alkanes of at least 4 members (excludes halogenated alkanes) is 1. The summed E-state index contributed by atoms with van der Waals surface area (Å²) in [7, 11) is 0. The molecule has 0 aliphatic carbocycles. The maximum absolute atomic E-state index is 3.61. The number of halogens is 2. The average molecular weight is 343 g/mol. The smallest absolute Gasteiger partial charge is 0.0143 e. The first-order valence-corrected chi connectivity index (χ1v) is 8.44. The van der Waals surface area contributed by atoms with Crippen molar-refractivity contribution in [2.45, 2.75) is 44.2 Å². The van der Waals surface area contributed by atoms with E-state index in [-0.39, 0.29) is 24.8 Å². The highest BCUT2D eigenvalue weighted by Crippen LogP contribution is 2.47. The van der Waals surface area contributed by atoms with Crippen molar-refractivity contribution in [3.63, 3.8) is 0 Å². The van der Waals surface area contributed by atoms with Gasteiger partial charge in [0.1, 0.15) is 0 Å². The number of hydrogen-bond acceptors (Lipinski definition) is 2. The molecule has 0 aromatic heterocycles. The minimum atomic E-state index is 0. The van der Waals surface area contributed by atoms with Gasteiger partial charge in [0, 0.05) is 12.1 Å². The van der Waals surface area contributed by atoms with E-state index < -0.39 is 0 Å². The lowest BCUT2D eigenvalue weighted by Crippen LogP contribution is -2.35. The van der Waals surface area contributed by atoms with Crippen LogP contribution in [-0.4, -0.2) is 36.6 Å². The molecule has 4 heteroatoms. The first-order valence-electron chi connectivity index (χ1n) is 8.44. The Labute approximate surface area is 146 Å². The number of hydrogen-bond donors (Lipinski definition) is 1. The minimum Gasteiger partial charge on any atom is -0.316 e. The highest BCUT2D eigenvalue weighted by atomic mass is 35.5. The molecule has 3 aliphatic heterocycles. The quantitative estimate of drug-likeness (QED) is 0.823. The number of fused-ring (bicyclic) bond motifs is 5. The van der Waals surface area contributed by atoms with E-state index in [1.54, 1.807) is 0 Å². The van der Waals surface area contributed by atoms with Gasteiger partial charge in [-0.25, -0.2) is 0 Å². The third kappa shape index (κ3) is 3.31. The van der Waals surface area contributed by atoms with Gasteiger partial charge in [0.25, 0.3) is 0 Å². The maximum Gasteiger partial charge on any atom is 0.0143 e. The molecule has 0 radical (unpaired) electrons. The lowest BCUT2D eigenvalue weighted by atomic mass is 9.82. The molecular formula is C18H28Cl2N2. The molecule has 1 N–H and O–H groups in total. The summed E-state index contributed by atoms with van der Waals surface area (Å²) < 4.78 is 0. The van der Waals surface area contributed by atoms with Crippen molar-refractivity contribution in [1.82, 2.24) is 10.2 Å². The molecule has 3 aliphatic rings. The summed E-state index contributed by atoms with van der Waals surface area (Å²) in [5.41, 5.74) is 1.50. The molecule has 124 valence electrons. The standard InChI is InChI=1S/C18H26N2.2ClH/c1-2-6-14(7-3-1)8-4-5-11-20-17-9-10-18(20)16-13-19-12-15(16)17;;/h1-3,6-7,15-19H,4-5,8-13H2;2*1H/t15-,16+,17-,18+;;. The Morgan fingerprint density at radius 1 is 0.909 bits per heavy atom. The van der Waals surface area contributed by atoms with Gasteiger partial charge in [-0.3, -0.25) is 4.90 Å². The Bertz CT molecular complexity index is 436. The molecule has 1 aromatic rings. The monoisotopic (exact) mass is 342 g/mol. The third-order valence-electron chi connectivity index (χ3n) is 5.88. The Balaban J connectivity index is 0.000000882. The van der Waals surface area contributed by atoms with Crippen LogP contribution in [0, 0.1) is 11.8 Å². The maximum atomic E-state index is 3.61. The van der Waals surface area contributed by atoms with Gasteiger partial charge in [-0.05, 0) is 69.1 Å². The third-order valence-corrected chi connectivity index (χ3v) is 5.88. The summed E-state index contributed by atoms with van der Waals surface area (Å²) in [6.45, 7) is 3.91. The van der Waals surface area contributed by atoms with Gasteiger partial charge in [0.05, 0.1) is 0 Å². The van der Waals surface area contributed by atoms with E-state index >= 15 is 0 Å². The molecule has 2 nitrogen and oxygen atoms in total. The van der Waals surface area contributed by atoms with Crippen LogP contribution in [0.3, 0.4) is 0 Å². The number of benzene rings is 1. The van der Waals surface area contributed by atoms with Crippen molar-refractivity contribution in [1.29, 1.82) is 0 Å². The van der Waals surface area contributed by atoms with Crippen molar-refractivity contribution < 1.29 is 0 Å². The molecule has 0 spiro atoms. The normalized spacial score (nSPS) is 32.4. The Morgan fingerprint density at radius 3 is 2.18 bits per heavy atom. The zero-order chi connectivity index (χ0) is 13.4. The fourth-order valence-electron chi connectivity index (χ4n) is 5.00.